The first-order valence-electron chi connectivity index (χ1n) is 7.20. The zero-order valence-electron chi connectivity index (χ0n) is 12.9. The molecule has 0 saturated carbocycles. The molecule has 3 heteroatoms. The van der Waals surface area contributed by atoms with Crippen molar-refractivity contribution in [2.24, 2.45) is 0 Å². The zero-order valence-corrected chi connectivity index (χ0v) is 13.7. The Hall–Kier alpha value is -1.38. The molecule has 21 heavy (non-hydrogen) atoms. The molecule has 0 fully saturated rings. The fourth-order valence-electron chi connectivity index (χ4n) is 2.68. The fourth-order valence-corrected chi connectivity index (χ4v) is 2.86. The maximum atomic E-state index is 13.9. The highest BCUT2D eigenvalue weighted by atomic mass is 35.5. The minimum atomic E-state index is -0.128. The van der Waals surface area contributed by atoms with Crippen molar-refractivity contribution in [2.45, 2.75) is 33.7 Å². The maximum absolute atomic E-state index is 13.9. The first-order chi connectivity index (χ1) is 9.93. The van der Waals surface area contributed by atoms with Crippen LogP contribution in [0.4, 0.5) is 4.39 Å². The fraction of sp³-hybridized carbons (Fsp3) is 0.333. The smallest absolute Gasteiger partial charge is 0.129 e. The average molecular weight is 306 g/mol. The van der Waals surface area contributed by atoms with Gasteiger partial charge in [0, 0.05) is 5.02 Å². The van der Waals surface area contributed by atoms with Gasteiger partial charge >= 0.3 is 0 Å². The molecule has 0 heterocycles. The SMILES string of the molecule is CCNC(c1cc(C)c(F)c(C)c1)c1cc(Cl)ccc1C. The number of hydrogen-bond acceptors (Lipinski definition) is 1. The molecule has 0 amide bonds. The summed E-state index contributed by atoms with van der Waals surface area (Å²) in [5.41, 5.74) is 4.72. The molecule has 0 radical (unpaired) electrons. The highest BCUT2D eigenvalue weighted by Gasteiger charge is 2.17. The lowest BCUT2D eigenvalue weighted by Crippen LogP contribution is -2.23. The van der Waals surface area contributed by atoms with Gasteiger partial charge in [-0.25, -0.2) is 4.39 Å². The van der Waals surface area contributed by atoms with Crippen LogP contribution in [0.2, 0.25) is 5.02 Å². The Kier molecular flexibility index (Phi) is 5.02. The van der Waals surface area contributed by atoms with E-state index in [1.54, 1.807) is 13.8 Å². The summed E-state index contributed by atoms with van der Waals surface area (Å²) >= 11 is 6.15. The van der Waals surface area contributed by atoms with Gasteiger partial charge in [-0.05, 0) is 67.3 Å². The molecular weight excluding hydrogens is 285 g/mol. The van der Waals surface area contributed by atoms with Crippen LogP contribution >= 0.6 is 11.6 Å². The lowest BCUT2D eigenvalue weighted by Gasteiger charge is -2.22. The molecule has 0 spiro atoms. The van der Waals surface area contributed by atoms with Crippen molar-refractivity contribution in [1.82, 2.24) is 5.32 Å². The minimum Gasteiger partial charge on any atom is -0.307 e. The Balaban J connectivity index is 2.56. The van der Waals surface area contributed by atoms with Gasteiger partial charge in [-0.1, -0.05) is 36.7 Å². The molecule has 1 unspecified atom stereocenters. The number of hydrogen-bond donors (Lipinski definition) is 1. The Morgan fingerprint density at radius 2 is 1.67 bits per heavy atom. The molecule has 1 atom stereocenters. The normalized spacial score (nSPS) is 12.5. The highest BCUT2D eigenvalue weighted by Crippen LogP contribution is 2.29. The molecule has 2 rings (SSSR count). The monoisotopic (exact) mass is 305 g/mol. The van der Waals surface area contributed by atoms with Crippen LogP contribution in [0.15, 0.2) is 30.3 Å². The summed E-state index contributed by atoms with van der Waals surface area (Å²) in [7, 11) is 0. The Morgan fingerprint density at radius 1 is 1.05 bits per heavy atom. The molecule has 2 aromatic carbocycles. The van der Waals surface area contributed by atoms with E-state index in [1.165, 1.54) is 5.56 Å². The van der Waals surface area contributed by atoms with Crippen molar-refractivity contribution in [2.75, 3.05) is 6.54 Å². The van der Waals surface area contributed by atoms with Gasteiger partial charge in [0.1, 0.15) is 5.82 Å². The second-order valence-corrected chi connectivity index (χ2v) is 5.90. The highest BCUT2D eigenvalue weighted by molar-refractivity contribution is 6.30. The third-order valence-corrected chi connectivity index (χ3v) is 3.99. The number of benzene rings is 2. The molecule has 0 bridgehead atoms. The quantitative estimate of drug-likeness (QED) is 0.828. The number of aryl methyl sites for hydroxylation is 3. The third-order valence-electron chi connectivity index (χ3n) is 3.75. The summed E-state index contributed by atoms with van der Waals surface area (Å²) in [4.78, 5) is 0. The summed E-state index contributed by atoms with van der Waals surface area (Å²) in [5.74, 6) is -0.128. The molecule has 0 aliphatic carbocycles. The average Bonchev–Trinajstić information content (AvgIpc) is 2.44. The molecule has 0 aromatic heterocycles. The van der Waals surface area contributed by atoms with Crippen molar-refractivity contribution in [3.05, 3.63) is 69.0 Å². The van der Waals surface area contributed by atoms with Gasteiger partial charge in [0.25, 0.3) is 0 Å². The van der Waals surface area contributed by atoms with Crippen molar-refractivity contribution < 1.29 is 4.39 Å². The van der Waals surface area contributed by atoms with E-state index in [0.717, 1.165) is 17.7 Å². The molecule has 1 nitrogen and oxygen atoms in total. The van der Waals surface area contributed by atoms with E-state index in [-0.39, 0.29) is 11.9 Å². The maximum Gasteiger partial charge on any atom is 0.129 e. The summed E-state index contributed by atoms with van der Waals surface area (Å²) in [6.45, 7) is 8.57. The van der Waals surface area contributed by atoms with Gasteiger partial charge < -0.3 is 5.32 Å². The van der Waals surface area contributed by atoms with E-state index in [4.69, 9.17) is 11.6 Å². The summed E-state index contributed by atoms with van der Waals surface area (Å²) < 4.78 is 13.9. The second-order valence-electron chi connectivity index (χ2n) is 5.46. The van der Waals surface area contributed by atoms with Crippen LogP contribution in [-0.4, -0.2) is 6.54 Å². The predicted molar refractivity (Wildman–Crippen MR) is 87.6 cm³/mol. The molecular formula is C18H21ClFN. The van der Waals surface area contributed by atoms with Gasteiger partial charge in [0.05, 0.1) is 6.04 Å². The largest absolute Gasteiger partial charge is 0.307 e. The summed E-state index contributed by atoms with van der Waals surface area (Å²) in [6.07, 6.45) is 0. The molecule has 0 aliphatic heterocycles. The minimum absolute atomic E-state index is 0.0201. The van der Waals surface area contributed by atoms with E-state index in [0.29, 0.717) is 16.1 Å². The summed E-state index contributed by atoms with van der Waals surface area (Å²) in [6, 6.07) is 9.74. The van der Waals surface area contributed by atoms with Crippen molar-refractivity contribution in [1.29, 1.82) is 0 Å². The molecule has 112 valence electrons. The molecule has 0 aliphatic rings. The van der Waals surface area contributed by atoms with E-state index >= 15 is 0 Å². The van der Waals surface area contributed by atoms with E-state index in [1.807, 2.05) is 30.3 Å². The lowest BCUT2D eigenvalue weighted by atomic mass is 9.92. The molecule has 1 N–H and O–H groups in total. The van der Waals surface area contributed by atoms with Crippen LogP contribution in [0.3, 0.4) is 0 Å². The van der Waals surface area contributed by atoms with E-state index < -0.39 is 0 Å². The zero-order chi connectivity index (χ0) is 15.6. The Labute approximate surface area is 131 Å². The van der Waals surface area contributed by atoms with Crippen molar-refractivity contribution in [3.8, 4) is 0 Å². The number of nitrogens with one attached hydrogen (secondary N) is 1. The van der Waals surface area contributed by atoms with Crippen LogP contribution in [0, 0.1) is 26.6 Å². The van der Waals surface area contributed by atoms with Gasteiger partial charge in [0.2, 0.25) is 0 Å². The first-order valence-corrected chi connectivity index (χ1v) is 7.58. The topological polar surface area (TPSA) is 12.0 Å². The van der Waals surface area contributed by atoms with Crippen molar-refractivity contribution >= 4 is 11.6 Å². The lowest BCUT2D eigenvalue weighted by molar-refractivity contribution is 0.598. The van der Waals surface area contributed by atoms with Gasteiger partial charge in [-0.2, -0.15) is 0 Å². The summed E-state index contributed by atoms with van der Waals surface area (Å²) in [5, 5.41) is 4.19. The van der Waals surface area contributed by atoms with Crippen LogP contribution in [0.25, 0.3) is 0 Å². The van der Waals surface area contributed by atoms with Crippen LogP contribution in [-0.2, 0) is 0 Å². The Morgan fingerprint density at radius 3 is 2.24 bits per heavy atom. The molecule has 0 saturated heterocycles. The van der Waals surface area contributed by atoms with Crippen LogP contribution < -0.4 is 5.32 Å². The predicted octanol–water partition coefficient (Wildman–Crippen LogP) is 5.10. The van der Waals surface area contributed by atoms with Crippen LogP contribution in [0.1, 0.15) is 40.8 Å². The number of halogens is 2. The van der Waals surface area contributed by atoms with Crippen molar-refractivity contribution in [3.63, 3.8) is 0 Å². The van der Waals surface area contributed by atoms with Gasteiger partial charge in [0.15, 0.2) is 0 Å². The van der Waals surface area contributed by atoms with E-state index in [2.05, 4.69) is 19.2 Å². The number of rotatable bonds is 4. The van der Waals surface area contributed by atoms with Gasteiger partial charge in [-0.3, -0.25) is 0 Å². The standard InChI is InChI=1S/C18H21ClFN/c1-5-21-18(16-10-15(19)7-6-11(16)2)14-8-12(3)17(20)13(4)9-14/h6-10,18,21H,5H2,1-4H3. The Bertz CT molecular complexity index is 629. The molecule has 2 aromatic rings. The second kappa shape index (κ2) is 6.59. The van der Waals surface area contributed by atoms with Gasteiger partial charge in [-0.15, -0.1) is 0 Å². The van der Waals surface area contributed by atoms with E-state index in [9.17, 15) is 4.39 Å². The first kappa shape index (κ1) is 16.0. The third kappa shape index (κ3) is 3.45. The van der Waals surface area contributed by atoms with Crippen LogP contribution in [0.5, 0.6) is 0 Å².